The van der Waals surface area contributed by atoms with E-state index in [0.29, 0.717) is 23.5 Å². The molecule has 94 valence electrons. The number of primary amides is 1. The first-order valence-corrected chi connectivity index (χ1v) is 5.14. The number of aliphatic hydroxyl groups is 1. The number of hydrogen-bond acceptors (Lipinski definition) is 5. The Morgan fingerprint density at radius 3 is 2.82 bits per heavy atom. The third kappa shape index (κ3) is 3.61. The molecule has 0 aliphatic rings. The van der Waals surface area contributed by atoms with E-state index in [1.165, 1.54) is 7.11 Å². The number of methoxy groups -OCH3 is 1. The van der Waals surface area contributed by atoms with Crippen molar-refractivity contribution in [2.75, 3.05) is 31.4 Å². The van der Waals surface area contributed by atoms with Gasteiger partial charge in [-0.3, -0.25) is 4.79 Å². The summed E-state index contributed by atoms with van der Waals surface area (Å²) in [4.78, 5) is 11.2. The minimum Gasteiger partial charge on any atom is -0.399 e. The fourth-order valence-corrected chi connectivity index (χ4v) is 1.46. The zero-order valence-electron chi connectivity index (χ0n) is 9.64. The molecule has 0 spiro atoms. The monoisotopic (exact) mass is 239 g/mol. The van der Waals surface area contributed by atoms with Crippen LogP contribution in [0.2, 0.25) is 0 Å². The second kappa shape index (κ2) is 6.07. The molecule has 0 radical (unpaired) electrons. The summed E-state index contributed by atoms with van der Waals surface area (Å²) < 4.78 is 4.93. The van der Waals surface area contributed by atoms with Gasteiger partial charge in [-0.05, 0) is 18.2 Å². The van der Waals surface area contributed by atoms with Gasteiger partial charge in [0.2, 0.25) is 0 Å². The van der Waals surface area contributed by atoms with Crippen molar-refractivity contribution in [2.24, 2.45) is 5.73 Å². The number of nitrogens with two attached hydrogens (primary N) is 2. The molecule has 0 aliphatic heterocycles. The highest BCUT2D eigenvalue weighted by Crippen LogP contribution is 2.19. The van der Waals surface area contributed by atoms with Gasteiger partial charge >= 0.3 is 0 Å². The van der Waals surface area contributed by atoms with Gasteiger partial charge in [0.25, 0.3) is 5.91 Å². The minimum atomic E-state index is -0.554. The van der Waals surface area contributed by atoms with Gasteiger partial charge in [0.1, 0.15) is 0 Å². The zero-order chi connectivity index (χ0) is 12.8. The number of carbonyl (C=O) groups is 1. The average molecular weight is 239 g/mol. The maximum Gasteiger partial charge on any atom is 0.250 e. The second-order valence-corrected chi connectivity index (χ2v) is 3.65. The highest BCUT2D eigenvalue weighted by Gasteiger charge is 2.13. The Balaban J connectivity index is 2.94. The number of hydrogen-bond donors (Lipinski definition) is 4. The van der Waals surface area contributed by atoms with Crippen molar-refractivity contribution < 1.29 is 14.6 Å². The molecule has 6 heteroatoms. The van der Waals surface area contributed by atoms with Crippen molar-refractivity contribution in [1.29, 1.82) is 0 Å². The third-order valence-electron chi connectivity index (χ3n) is 2.26. The van der Waals surface area contributed by atoms with Crippen molar-refractivity contribution >= 4 is 17.3 Å². The maximum absolute atomic E-state index is 11.2. The first kappa shape index (κ1) is 13.3. The Hall–Kier alpha value is -1.79. The molecule has 0 saturated carbocycles. The lowest BCUT2D eigenvalue weighted by Crippen LogP contribution is -2.30. The maximum atomic E-state index is 11.2. The number of amides is 1. The normalized spacial score (nSPS) is 12.1. The fourth-order valence-electron chi connectivity index (χ4n) is 1.46. The molecule has 17 heavy (non-hydrogen) atoms. The lowest BCUT2D eigenvalue weighted by Gasteiger charge is -2.18. The van der Waals surface area contributed by atoms with Crippen molar-refractivity contribution in [3.8, 4) is 0 Å². The first-order chi connectivity index (χ1) is 8.08. The van der Waals surface area contributed by atoms with Crippen LogP contribution in [0.1, 0.15) is 10.4 Å². The summed E-state index contributed by atoms with van der Waals surface area (Å²) >= 11 is 0. The van der Waals surface area contributed by atoms with Gasteiger partial charge in [0, 0.05) is 18.5 Å². The van der Waals surface area contributed by atoms with Gasteiger partial charge in [-0.2, -0.15) is 0 Å². The fraction of sp³-hybridized carbons (Fsp3) is 0.364. The number of nitrogen functional groups attached to an aromatic ring is 1. The molecule has 1 aromatic rings. The highest BCUT2D eigenvalue weighted by molar-refractivity contribution is 5.99. The summed E-state index contributed by atoms with van der Waals surface area (Å²) in [5, 5.41) is 12.1. The Morgan fingerprint density at radius 1 is 1.59 bits per heavy atom. The standard InChI is InChI=1S/C11H17N3O3/c1-17-6-8(5-15)14-10-4-7(12)2-3-9(10)11(13)16/h2-4,8,14-15H,5-6,12H2,1H3,(H2,13,16). The Morgan fingerprint density at radius 2 is 2.29 bits per heavy atom. The van der Waals surface area contributed by atoms with Crippen molar-refractivity contribution in [3.05, 3.63) is 23.8 Å². The van der Waals surface area contributed by atoms with Crippen LogP contribution in [0.25, 0.3) is 0 Å². The molecule has 0 bridgehead atoms. The van der Waals surface area contributed by atoms with E-state index in [1.807, 2.05) is 0 Å². The number of nitrogens with one attached hydrogen (secondary N) is 1. The summed E-state index contributed by atoms with van der Waals surface area (Å²) in [7, 11) is 1.53. The van der Waals surface area contributed by atoms with Crippen LogP contribution >= 0.6 is 0 Å². The van der Waals surface area contributed by atoms with E-state index in [9.17, 15) is 4.79 Å². The number of ether oxygens (including phenoxy) is 1. The van der Waals surface area contributed by atoms with E-state index < -0.39 is 5.91 Å². The highest BCUT2D eigenvalue weighted by atomic mass is 16.5. The molecule has 1 aromatic carbocycles. The van der Waals surface area contributed by atoms with Gasteiger partial charge in [-0.1, -0.05) is 0 Å². The molecule has 0 fully saturated rings. The number of aliphatic hydroxyl groups excluding tert-OH is 1. The predicted molar refractivity (Wildman–Crippen MR) is 65.7 cm³/mol. The molecular weight excluding hydrogens is 222 g/mol. The van der Waals surface area contributed by atoms with Crippen LogP contribution in [-0.2, 0) is 4.74 Å². The van der Waals surface area contributed by atoms with E-state index in [0.717, 1.165) is 0 Å². The second-order valence-electron chi connectivity index (χ2n) is 3.65. The lowest BCUT2D eigenvalue weighted by atomic mass is 10.1. The average Bonchev–Trinajstić information content (AvgIpc) is 2.28. The van der Waals surface area contributed by atoms with Crippen LogP contribution in [0.3, 0.4) is 0 Å². The van der Waals surface area contributed by atoms with E-state index >= 15 is 0 Å². The van der Waals surface area contributed by atoms with E-state index in [1.54, 1.807) is 18.2 Å². The largest absolute Gasteiger partial charge is 0.399 e. The van der Waals surface area contributed by atoms with Gasteiger partial charge < -0.3 is 26.6 Å². The van der Waals surface area contributed by atoms with Gasteiger partial charge in [-0.15, -0.1) is 0 Å². The molecule has 1 unspecified atom stereocenters. The SMILES string of the molecule is COCC(CO)Nc1cc(N)ccc1C(N)=O. The summed E-state index contributed by atoms with van der Waals surface area (Å²) in [5.41, 5.74) is 12.2. The van der Waals surface area contributed by atoms with Gasteiger partial charge in [0.15, 0.2) is 0 Å². The van der Waals surface area contributed by atoms with Crippen LogP contribution < -0.4 is 16.8 Å². The van der Waals surface area contributed by atoms with Crippen LogP contribution in [-0.4, -0.2) is 37.4 Å². The number of anilines is 2. The molecule has 1 rings (SSSR count). The zero-order valence-corrected chi connectivity index (χ0v) is 9.64. The molecule has 6 nitrogen and oxygen atoms in total. The first-order valence-electron chi connectivity index (χ1n) is 5.14. The molecule has 0 saturated heterocycles. The number of benzene rings is 1. The molecule has 0 aromatic heterocycles. The van der Waals surface area contributed by atoms with E-state index in [4.69, 9.17) is 21.3 Å². The number of rotatable bonds is 6. The lowest BCUT2D eigenvalue weighted by molar-refractivity contribution is 0.100. The Bertz CT molecular complexity index is 396. The van der Waals surface area contributed by atoms with Crippen LogP contribution in [0, 0.1) is 0 Å². The molecule has 0 aliphatic carbocycles. The summed E-state index contributed by atoms with van der Waals surface area (Å²) in [6.07, 6.45) is 0. The van der Waals surface area contributed by atoms with Crippen LogP contribution in [0.4, 0.5) is 11.4 Å². The smallest absolute Gasteiger partial charge is 0.250 e. The Kier molecular flexibility index (Phi) is 4.74. The minimum absolute atomic E-state index is 0.124. The van der Waals surface area contributed by atoms with Crippen LogP contribution in [0.5, 0.6) is 0 Å². The predicted octanol–water partition coefficient (Wildman–Crippen LogP) is -0.213. The third-order valence-corrected chi connectivity index (χ3v) is 2.26. The van der Waals surface area contributed by atoms with Crippen molar-refractivity contribution in [3.63, 3.8) is 0 Å². The topological polar surface area (TPSA) is 111 Å². The van der Waals surface area contributed by atoms with Crippen molar-refractivity contribution in [1.82, 2.24) is 0 Å². The van der Waals surface area contributed by atoms with E-state index in [-0.39, 0.29) is 12.6 Å². The quantitative estimate of drug-likeness (QED) is 0.513. The summed E-state index contributed by atoms with van der Waals surface area (Å²) in [6.45, 7) is 0.185. The van der Waals surface area contributed by atoms with E-state index in [2.05, 4.69) is 5.32 Å². The van der Waals surface area contributed by atoms with Crippen molar-refractivity contribution in [2.45, 2.75) is 6.04 Å². The molecule has 1 atom stereocenters. The van der Waals surface area contributed by atoms with Gasteiger partial charge in [0.05, 0.1) is 24.8 Å². The molecular formula is C11H17N3O3. The van der Waals surface area contributed by atoms with Crippen LogP contribution in [0.15, 0.2) is 18.2 Å². The molecule has 6 N–H and O–H groups in total. The summed E-state index contributed by atoms with van der Waals surface area (Å²) in [6, 6.07) is 4.41. The number of carbonyl (C=O) groups excluding carboxylic acids is 1. The molecule has 1 amide bonds. The summed E-state index contributed by atoms with van der Waals surface area (Å²) in [5.74, 6) is -0.554. The van der Waals surface area contributed by atoms with Gasteiger partial charge in [-0.25, -0.2) is 0 Å². The Labute approximate surface area is 99.6 Å². The molecule has 0 heterocycles.